The number of nitrogens with zero attached hydrogens (tertiary/aromatic N) is 3. The van der Waals surface area contributed by atoms with Crippen molar-refractivity contribution in [1.29, 1.82) is 0 Å². The molecule has 27 heavy (non-hydrogen) atoms. The van der Waals surface area contributed by atoms with E-state index >= 15 is 0 Å². The van der Waals surface area contributed by atoms with Gasteiger partial charge in [-0.2, -0.15) is 5.10 Å². The molecule has 2 aromatic rings. The van der Waals surface area contributed by atoms with Crippen molar-refractivity contribution in [1.82, 2.24) is 20.1 Å². The number of nitrogens with one attached hydrogen (secondary N) is 3. The summed E-state index contributed by atoms with van der Waals surface area (Å²) in [5.74, 6) is -0.208. The molecule has 0 radical (unpaired) electrons. The van der Waals surface area contributed by atoms with Crippen molar-refractivity contribution in [3.8, 4) is 0 Å². The fourth-order valence-electron chi connectivity index (χ4n) is 2.31. The SMILES string of the molecule is COCCCn1ccc(NC(=O)C(=O)NCCCCNc2ccccn2)n1. The van der Waals surface area contributed by atoms with Gasteiger partial charge in [-0.15, -0.1) is 0 Å². The highest BCUT2D eigenvalue weighted by Gasteiger charge is 2.14. The summed E-state index contributed by atoms with van der Waals surface area (Å²) in [4.78, 5) is 27.9. The fourth-order valence-corrected chi connectivity index (χ4v) is 2.31. The molecule has 0 fully saturated rings. The van der Waals surface area contributed by atoms with E-state index in [1.807, 2.05) is 18.2 Å². The largest absolute Gasteiger partial charge is 0.385 e. The molecule has 0 saturated heterocycles. The Hall–Kier alpha value is -2.94. The van der Waals surface area contributed by atoms with Crippen LogP contribution in [0.25, 0.3) is 0 Å². The predicted octanol–water partition coefficient (Wildman–Crippen LogP) is 1.26. The number of ether oxygens (including phenoxy) is 1. The number of methoxy groups -OCH3 is 1. The molecule has 2 rings (SSSR count). The Morgan fingerprint density at radius 2 is 1.93 bits per heavy atom. The summed E-state index contributed by atoms with van der Waals surface area (Å²) >= 11 is 0. The van der Waals surface area contributed by atoms with Crippen LogP contribution in [0.15, 0.2) is 36.7 Å². The van der Waals surface area contributed by atoms with E-state index in [-0.39, 0.29) is 0 Å². The second-order valence-corrected chi connectivity index (χ2v) is 5.87. The molecule has 0 bridgehead atoms. The molecule has 3 N–H and O–H groups in total. The minimum atomic E-state index is -0.719. The first-order valence-electron chi connectivity index (χ1n) is 8.95. The molecule has 0 unspecified atom stereocenters. The molecule has 0 aliphatic carbocycles. The number of carbonyl (C=O) groups is 2. The van der Waals surface area contributed by atoms with Crippen molar-refractivity contribution in [2.45, 2.75) is 25.8 Å². The van der Waals surface area contributed by atoms with Gasteiger partial charge in [0, 0.05) is 51.8 Å². The minimum Gasteiger partial charge on any atom is -0.385 e. The van der Waals surface area contributed by atoms with Gasteiger partial charge >= 0.3 is 11.8 Å². The molecular formula is C18H26N6O3. The molecule has 9 heteroatoms. The van der Waals surface area contributed by atoms with Gasteiger partial charge in [-0.05, 0) is 31.4 Å². The normalized spacial score (nSPS) is 10.4. The summed E-state index contributed by atoms with van der Waals surface area (Å²) in [5.41, 5.74) is 0. The van der Waals surface area contributed by atoms with E-state index in [0.717, 1.165) is 31.6 Å². The van der Waals surface area contributed by atoms with E-state index in [4.69, 9.17) is 4.74 Å². The van der Waals surface area contributed by atoms with Gasteiger partial charge < -0.3 is 20.7 Å². The van der Waals surface area contributed by atoms with Gasteiger partial charge in [-0.3, -0.25) is 14.3 Å². The van der Waals surface area contributed by atoms with Crippen LogP contribution in [0.2, 0.25) is 0 Å². The van der Waals surface area contributed by atoms with Crippen molar-refractivity contribution >= 4 is 23.5 Å². The summed E-state index contributed by atoms with van der Waals surface area (Å²) in [6.07, 6.45) is 5.90. The van der Waals surface area contributed by atoms with Crippen LogP contribution in [0, 0.1) is 0 Å². The highest BCUT2D eigenvalue weighted by Crippen LogP contribution is 2.03. The third kappa shape index (κ3) is 7.87. The van der Waals surface area contributed by atoms with Gasteiger partial charge in [-0.1, -0.05) is 6.07 Å². The fraction of sp³-hybridized carbons (Fsp3) is 0.444. The van der Waals surface area contributed by atoms with Crippen LogP contribution in [0.3, 0.4) is 0 Å². The second kappa shape index (κ2) is 11.6. The second-order valence-electron chi connectivity index (χ2n) is 5.87. The first-order valence-corrected chi connectivity index (χ1v) is 8.95. The van der Waals surface area contributed by atoms with E-state index in [0.29, 0.717) is 25.5 Å². The highest BCUT2D eigenvalue weighted by molar-refractivity contribution is 6.39. The van der Waals surface area contributed by atoms with E-state index in [2.05, 4.69) is 26.0 Å². The Bertz CT molecular complexity index is 704. The van der Waals surface area contributed by atoms with Gasteiger partial charge in [0.2, 0.25) is 0 Å². The Morgan fingerprint density at radius 1 is 1.07 bits per heavy atom. The maximum absolute atomic E-state index is 11.9. The molecule has 0 aliphatic rings. The van der Waals surface area contributed by atoms with Gasteiger partial charge in [0.25, 0.3) is 0 Å². The van der Waals surface area contributed by atoms with Crippen molar-refractivity contribution in [3.05, 3.63) is 36.7 Å². The van der Waals surface area contributed by atoms with Gasteiger partial charge in [0.1, 0.15) is 5.82 Å². The van der Waals surface area contributed by atoms with Gasteiger partial charge in [-0.25, -0.2) is 4.98 Å². The topological polar surface area (TPSA) is 110 Å². The standard InChI is InChI=1S/C18H26N6O3/c1-27-14-6-12-24-13-8-16(23-24)22-18(26)17(25)21-11-5-4-10-20-15-7-2-3-9-19-15/h2-3,7-9,13H,4-6,10-12,14H2,1H3,(H,19,20)(H,21,25)(H,22,23,26). The summed E-state index contributed by atoms with van der Waals surface area (Å²) in [6, 6.07) is 7.32. The number of aryl methyl sites for hydroxylation is 1. The van der Waals surface area contributed by atoms with Gasteiger partial charge in [0.05, 0.1) is 0 Å². The molecule has 0 aliphatic heterocycles. The smallest absolute Gasteiger partial charge is 0.314 e. The summed E-state index contributed by atoms with van der Waals surface area (Å²) in [6.45, 7) is 2.50. The third-order valence-electron chi connectivity index (χ3n) is 3.68. The average molecular weight is 374 g/mol. The Labute approximate surface area is 158 Å². The number of hydrogen-bond donors (Lipinski definition) is 3. The summed E-state index contributed by atoms with van der Waals surface area (Å²) in [7, 11) is 1.64. The molecule has 9 nitrogen and oxygen atoms in total. The van der Waals surface area contributed by atoms with Crippen LogP contribution < -0.4 is 16.0 Å². The van der Waals surface area contributed by atoms with Crippen LogP contribution in [-0.4, -0.2) is 53.4 Å². The van der Waals surface area contributed by atoms with Crippen molar-refractivity contribution in [3.63, 3.8) is 0 Å². The molecule has 2 heterocycles. The lowest BCUT2D eigenvalue weighted by Gasteiger charge is -2.06. The number of carbonyl (C=O) groups excluding carboxylic acids is 2. The van der Waals surface area contributed by atoms with E-state index < -0.39 is 11.8 Å². The average Bonchev–Trinajstić information content (AvgIpc) is 3.12. The zero-order chi connectivity index (χ0) is 19.3. The summed E-state index contributed by atoms with van der Waals surface area (Å²) in [5, 5.41) is 12.5. The minimum absolute atomic E-state index is 0.354. The lowest BCUT2D eigenvalue weighted by Crippen LogP contribution is -2.36. The van der Waals surface area contributed by atoms with Crippen LogP contribution in [0.4, 0.5) is 11.6 Å². The third-order valence-corrected chi connectivity index (χ3v) is 3.68. The molecule has 0 atom stereocenters. The summed E-state index contributed by atoms with van der Waals surface area (Å²) < 4.78 is 6.68. The van der Waals surface area contributed by atoms with Crippen LogP contribution in [0.5, 0.6) is 0 Å². The van der Waals surface area contributed by atoms with Crippen molar-refractivity contribution in [2.75, 3.05) is 37.4 Å². The maximum Gasteiger partial charge on any atom is 0.314 e. The quantitative estimate of drug-likeness (QED) is 0.403. The highest BCUT2D eigenvalue weighted by atomic mass is 16.5. The van der Waals surface area contributed by atoms with Crippen molar-refractivity contribution in [2.24, 2.45) is 0 Å². The Kier molecular flexibility index (Phi) is 8.78. The molecule has 2 amide bonds. The first kappa shape index (κ1) is 20.4. The van der Waals surface area contributed by atoms with E-state index in [1.165, 1.54) is 0 Å². The van der Waals surface area contributed by atoms with Crippen molar-refractivity contribution < 1.29 is 14.3 Å². The number of hydrogen-bond acceptors (Lipinski definition) is 6. The number of rotatable bonds is 11. The Morgan fingerprint density at radius 3 is 2.70 bits per heavy atom. The number of anilines is 2. The lowest BCUT2D eigenvalue weighted by atomic mass is 10.3. The molecular weight excluding hydrogens is 348 g/mol. The van der Waals surface area contributed by atoms with Gasteiger partial charge in [0.15, 0.2) is 5.82 Å². The predicted molar refractivity (Wildman–Crippen MR) is 102 cm³/mol. The van der Waals surface area contributed by atoms with Crippen LogP contribution >= 0.6 is 0 Å². The molecule has 0 saturated carbocycles. The zero-order valence-electron chi connectivity index (χ0n) is 15.5. The maximum atomic E-state index is 11.9. The molecule has 146 valence electrons. The van der Waals surface area contributed by atoms with E-state index in [1.54, 1.807) is 30.3 Å². The molecule has 2 aromatic heterocycles. The number of unbranched alkanes of at least 4 members (excludes halogenated alkanes) is 1. The molecule has 0 aromatic carbocycles. The Balaban J connectivity index is 1.58. The lowest BCUT2D eigenvalue weighted by molar-refractivity contribution is -0.136. The van der Waals surface area contributed by atoms with E-state index in [9.17, 15) is 9.59 Å². The van der Waals surface area contributed by atoms with Crippen LogP contribution in [-0.2, 0) is 20.9 Å². The van der Waals surface area contributed by atoms with Crippen LogP contribution in [0.1, 0.15) is 19.3 Å². The number of aromatic nitrogens is 3. The zero-order valence-corrected chi connectivity index (χ0v) is 15.5. The first-order chi connectivity index (χ1) is 13.2. The number of pyridine rings is 1. The molecule has 0 spiro atoms. The monoisotopic (exact) mass is 374 g/mol. The number of amides is 2.